The number of benzene rings is 2. The smallest absolute Gasteiger partial charge is 0.353 e. The fourth-order valence-electron chi connectivity index (χ4n) is 3.20. The van der Waals surface area contributed by atoms with E-state index in [1.807, 2.05) is 24.4 Å². The van der Waals surface area contributed by atoms with Crippen LogP contribution in [0.2, 0.25) is 0 Å². The van der Waals surface area contributed by atoms with Crippen molar-refractivity contribution in [3.05, 3.63) is 94.3 Å². The second-order valence-corrected chi connectivity index (χ2v) is 7.85. The quantitative estimate of drug-likeness (QED) is 0.554. The highest BCUT2D eigenvalue weighted by Gasteiger charge is 2.30. The van der Waals surface area contributed by atoms with Crippen molar-refractivity contribution >= 4 is 11.8 Å². The van der Waals surface area contributed by atoms with Crippen molar-refractivity contribution in [2.75, 3.05) is 0 Å². The largest absolute Gasteiger partial charge is 0.416 e. The van der Waals surface area contributed by atoms with Gasteiger partial charge in [-0.15, -0.1) is 16.9 Å². The Morgan fingerprint density at radius 2 is 1.66 bits per heavy atom. The van der Waals surface area contributed by atoms with E-state index < -0.39 is 11.7 Å². The second kappa shape index (κ2) is 7.94. The number of allylic oxidation sites excluding steroid dienone is 1. The summed E-state index contributed by atoms with van der Waals surface area (Å²) in [5.41, 5.74) is 3.29. The number of alkyl halides is 3. The van der Waals surface area contributed by atoms with Gasteiger partial charge in [-0.1, -0.05) is 47.7 Å². The van der Waals surface area contributed by atoms with Gasteiger partial charge in [-0.05, 0) is 35.6 Å². The van der Waals surface area contributed by atoms with Crippen LogP contribution in [-0.2, 0) is 19.3 Å². The Kier molecular flexibility index (Phi) is 5.36. The van der Waals surface area contributed by atoms with Crippen LogP contribution in [0, 0.1) is 0 Å². The van der Waals surface area contributed by atoms with Crippen LogP contribution in [-0.4, -0.2) is 19.9 Å². The van der Waals surface area contributed by atoms with Crippen LogP contribution in [0.15, 0.2) is 71.9 Å². The molecule has 0 amide bonds. The van der Waals surface area contributed by atoms with Crippen LogP contribution in [0.5, 0.6) is 0 Å². The van der Waals surface area contributed by atoms with Gasteiger partial charge < -0.3 is 4.90 Å². The van der Waals surface area contributed by atoms with Gasteiger partial charge in [-0.2, -0.15) is 13.2 Å². The van der Waals surface area contributed by atoms with E-state index in [0.717, 1.165) is 29.9 Å². The lowest BCUT2D eigenvalue weighted by Crippen LogP contribution is -2.21. The van der Waals surface area contributed by atoms with Crippen LogP contribution in [0.4, 0.5) is 13.2 Å². The lowest BCUT2D eigenvalue weighted by atomic mass is 10.1. The first-order valence-electron chi connectivity index (χ1n) is 9.09. The number of nitrogens with zero attached hydrogens (tertiary/aromatic N) is 4. The van der Waals surface area contributed by atoms with E-state index >= 15 is 0 Å². The fraction of sp³-hybridized carbons (Fsp3) is 0.238. The van der Waals surface area contributed by atoms with Gasteiger partial charge in [0.2, 0.25) is 0 Å². The van der Waals surface area contributed by atoms with E-state index in [-0.39, 0.29) is 5.37 Å². The zero-order valence-electron chi connectivity index (χ0n) is 15.7. The molecule has 0 radical (unpaired) electrons. The molecular weight excluding hydrogens is 397 g/mol. The maximum atomic E-state index is 12.7. The van der Waals surface area contributed by atoms with E-state index in [1.165, 1.54) is 23.4 Å². The number of aromatic nitrogens is 3. The van der Waals surface area contributed by atoms with Crippen LogP contribution in [0.1, 0.15) is 34.7 Å². The monoisotopic (exact) mass is 416 g/mol. The third-order valence-electron chi connectivity index (χ3n) is 4.73. The topological polar surface area (TPSA) is 34.0 Å². The van der Waals surface area contributed by atoms with Gasteiger partial charge in [-0.3, -0.25) is 0 Å². The zero-order valence-corrected chi connectivity index (χ0v) is 16.5. The molecule has 2 aromatic carbocycles. The van der Waals surface area contributed by atoms with Crippen molar-refractivity contribution in [1.82, 2.24) is 19.9 Å². The molecule has 0 spiro atoms. The Bertz CT molecular complexity index is 997. The first-order chi connectivity index (χ1) is 13.9. The summed E-state index contributed by atoms with van der Waals surface area (Å²) in [6.45, 7) is 3.21. The van der Waals surface area contributed by atoms with Gasteiger partial charge in [-0.25, -0.2) is 4.68 Å². The van der Waals surface area contributed by atoms with Crippen molar-refractivity contribution in [3.8, 4) is 0 Å². The molecule has 0 aliphatic carbocycles. The molecule has 29 heavy (non-hydrogen) atoms. The number of hydrogen-bond acceptors (Lipinski definition) is 4. The van der Waals surface area contributed by atoms with Crippen molar-refractivity contribution in [1.29, 1.82) is 0 Å². The molecule has 0 N–H and O–H groups in total. The van der Waals surface area contributed by atoms with Gasteiger partial charge in [0.05, 0.1) is 18.3 Å². The molecule has 4 rings (SSSR count). The maximum absolute atomic E-state index is 12.7. The molecular formula is C21H19F3N4S. The van der Waals surface area contributed by atoms with Crippen molar-refractivity contribution in [2.45, 2.75) is 31.6 Å². The van der Waals surface area contributed by atoms with E-state index in [4.69, 9.17) is 0 Å². The molecule has 1 atom stereocenters. The number of rotatable bonds is 5. The number of thioether (sulfide) groups is 1. The molecule has 0 bridgehead atoms. The number of halogens is 3. The molecule has 3 aromatic rings. The molecule has 1 aliphatic rings. The predicted octanol–water partition coefficient (Wildman–Crippen LogP) is 5.45. The average Bonchev–Trinajstić information content (AvgIpc) is 3.29. The van der Waals surface area contributed by atoms with E-state index in [0.29, 0.717) is 6.54 Å². The summed E-state index contributed by atoms with van der Waals surface area (Å²) in [5.74, 6) is 0. The van der Waals surface area contributed by atoms with Crippen LogP contribution in [0.3, 0.4) is 0 Å². The summed E-state index contributed by atoms with van der Waals surface area (Å²) in [6.07, 6.45) is -2.47. The Morgan fingerprint density at radius 1 is 0.966 bits per heavy atom. The van der Waals surface area contributed by atoms with E-state index in [1.54, 1.807) is 16.4 Å². The van der Waals surface area contributed by atoms with Crippen molar-refractivity contribution in [3.63, 3.8) is 0 Å². The first kappa shape index (κ1) is 19.6. The Balaban J connectivity index is 1.47. The molecule has 8 heteroatoms. The van der Waals surface area contributed by atoms with Gasteiger partial charge in [0.25, 0.3) is 0 Å². The molecule has 1 unspecified atom stereocenters. The van der Waals surface area contributed by atoms with Gasteiger partial charge in [0, 0.05) is 12.2 Å². The van der Waals surface area contributed by atoms with Crippen LogP contribution < -0.4 is 0 Å². The Morgan fingerprint density at radius 3 is 2.34 bits per heavy atom. The summed E-state index contributed by atoms with van der Waals surface area (Å²) < 4.78 is 39.8. The summed E-state index contributed by atoms with van der Waals surface area (Å²) in [4.78, 5) is 2.27. The second-order valence-electron chi connectivity index (χ2n) is 6.90. The number of hydrogen-bond donors (Lipinski definition) is 0. The summed E-state index contributed by atoms with van der Waals surface area (Å²) >= 11 is 1.68. The van der Waals surface area contributed by atoms with Crippen LogP contribution in [0.25, 0.3) is 0 Å². The van der Waals surface area contributed by atoms with Crippen molar-refractivity contribution < 1.29 is 13.2 Å². The van der Waals surface area contributed by atoms with Crippen molar-refractivity contribution in [2.24, 2.45) is 0 Å². The predicted molar refractivity (Wildman–Crippen MR) is 107 cm³/mol. The van der Waals surface area contributed by atoms with Gasteiger partial charge in [0.1, 0.15) is 11.1 Å². The molecule has 0 saturated heterocycles. The minimum atomic E-state index is -4.33. The van der Waals surface area contributed by atoms with E-state index in [2.05, 4.69) is 39.7 Å². The van der Waals surface area contributed by atoms with Crippen LogP contribution >= 0.6 is 11.8 Å². The lowest BCUT2D eigenvalue weighted by molar-refractivity contribution is -0.137. The first-order valence-corrected chi connectivity index (χ1v) is 10.0. The summed E-state index contributed by atoms with van der Waals surface area (Å²) in [7, 11) is 0. The molecule has 0 fully saturated rings. The average molecular weight is 416 g/mol. The third kappa shape index (κ3) is 4.48. The molecule has 150 valence electrons. The normalized spacial score (nSPS) is 16.9. The Hall–Kier alpha value is -2.74. The molecule has 0 saturated carbocycles. The highest BCUT2D eigenvalue weighted by molar-refractivity contribution is 8.02. The fourth-order valence-corrected chi connectivity index (χ4v) is 4.29. The lowest BCUT2D eigenvalue weighted by Gasteiger charge is -2.26. The summed E-state index contributed by atoms with van der Waals surface area (Å²) in [6, 6.07) is 15.4. The third-order valence-corrected chi connectivity index (χ3v) is 5.97. The SMILES string of the molecule is CC1=CSC(c2cn(Cc3ccc(C(F)(F)F)cc3)nn2)N1Cc1ccccc1. The molecule has 1 aromatic heterocycles. The van der Waals surface area contributed by atoms with E-state index in [9.17, 15) is 13.2 Å². The maximum Gasteiger partial charge on any atom is 0.416 e. The summed E-state index contributed by atoms with van der Waals surface area (Å²) in [5, 5.41) is 10.6. The molecule has 2 heterocycles. The Labute approximate surface area is 171 Å². The molecule has 1 aliphatic heterocycles. The zero-order chi connectivity index (χ0) is 20.4. The minimum Gasteiger partial charge on any atom is -0.353 e. The standard InChI is InChI=1S/C21H19F3N4S/c1-15-14-29-20(28(15)12-16-5-3-2-4-6-16)19-13-27(26-25-19)11-17-7-9-18(10-8-17)21(22,23)24/h2-10,13-14,20H,11-12H2,1H3. The highest BCUT2D eigenvalue weighted by Crippen LogP contribution is 2.42. The highest BCUT2D eigenvalue weighted by atomic mass is 32.2. The van der Waals surface area contributed by atoms with Gasteiger partial charge in [0.15, 0.2) is 0 Å². The minimum absolute atomic E-state index is 0.0246. The van der Waals surface area contributed by atoms with Gasteiger partial charge >= 0.3 is 6.18 Å². The molecule has 4 nitrogen and oxygen atoms in total.